The minimum Gasteiger partial charge on any atom is -0.349 e. The Morgan fingerprint density at radius 3 is 2.61 bits per heavy atom. The fourth-order valence-electron chi connectivity index (χ4n) is 4.18. The molecule has 1 spiro atoms. The lowest BCUT2D eigenvalue weighted by molar-refractivity contribution is -0.140. The van der Waals surface area contributed by atoms with E-state index in [-0.39, 0.29) is 11.9 Å². The largest absolute Gasteiger partial charge is 0.349 e. The normalized spacial score (nSPS) is 36.2. The molecule has 116 valence electrons. The molecule has 1 aliphatic carbocycles. The quantitative estimate of drug-likeness (QED) is 0.782. The maximum atomic E-state index is 13.1. The molecule has 3 fully saturated rings. The molecular formula is C17H13FN2O3. The van der Waals surface area contributed by atoms with Gasteiger partial charge in [-0.1, -0.05) is 0 Å². The molecule has 1 aromatic carbocycles. The van der Waals surface area contributed by atoms with Crippen molar-refractivity contribution in [2.24, 2.45) is 16.7 Å². The van der Waals surface area contributed by atoms with Crippen LogP contribution in [0.1, 0.15) is 23.2 Å². The second-order valence-electron chi connectivity index (χ2n) is 6.34. The Bertz CT molecular complexity index is 750. The van der Waals surface area contributed by atoms with Gasteiger partial charge in [-0.15, -0.1) is 0 Å². The smallest absolute Gasteiger partial charge is 0.169 e. The van der Waals surface area contributed by atoms with Crippen LogP contribution in [0, 0.1) is 45.2 Å². The van der Waals surface area contributed by atoms with Crippen molar-refractivity contribution < 1.29 is 18.7 Å². The van der Waals surface area contributed by atoms with Crippen molar-refractivity contribution in [2.45, 2.75) is 25.2 Å². The second kappa shape index (κ2) is 4.61. The summed E-state index contributed by atoms with van der Waals surface area (Å²) in [5, 5.41) is 19.2. The van der Waals surface area contributed by atoms with Crippen LogP contribution in [0.3, 0.4) is 0 Å². The Hall–Kier alpha value is -2.28. The third-order valence-corrected chi connectivity index (χ3v) is 5.39. The molecule has 2 aliphatic heterocycles. The van der Waals surface area contributed by atoms with E-state index in [9.17, 15) is 19.7 Å². The lowest BCUT2D eigenvalue weighted by Crippen LogP contribution is -2.35. The maximum absolute atomic E-state index is 13.1. The van der Waals surface area contributed by atoms with Crippen LogP contribution in [0.2, 0.25) is 0 Å². The molecule has 23 heavy (non-hydrogen) atoms. The lowest BCUT2D eigenvalue weighted by Gasteiger charge is -2.29. The first-order chi connectivity index (χ1) is 11.1. The first-order valence-corrected chi connectivity index (χ1v) is 7.48. The maximum Gasteiger partial charge on any atom is 0.169 e. The van der Waals surface area contributed by atoms with Gasteiger partial charge >= 0.3 is 0 Å². The fourth-order valence-corrected chi connectivity index (χ4v) is 4.18. The Balaban J connectivity index is 1.75. The van der Waals surface area contributed by atoms with Gasteiger partial charge < -0.3 is 9.47 Å². The molecule has 1 aromatic rings. The van der Waals surface area contributed by atoms with E-state index in [2.05, 4.69) is 0 Å². The highest BCUT2D eigenvalue weighted by molar-refractivity contribution is 6.02. The Labute approximate surface area is 132 Å². The molecule has 5 nitrogen and oxygen atoms in total. The van der Waals surface area contributed by atoms with Crippen LogP contribution in [-0.4, -0.2) is 24.8 Å². The van der Waals surface area contributed by atoms with Gasteiger partial charge in [0.2, 0.25) is 0 Å². The molecule has 2 saturated heterocycles. The number of benzene rings is 1. The highest BCUT2D eigenvalue weighted by Gasteiger charge is 2.86. The summed E-state index contributed by atoms with van der Waals surface area (Å²) in [6.45, 7) is 0.427. The molecule has 2 bridgehead atoms. The zero-order valence-electron chi connectivity index (χ0n) is 12.2. The molecule has 2 heterocycles. The topological polar surface area (TPSA) is 83.1 Å². The molecule has 3 aliphatic rings. The Morgan fingerprint density at radius 2 is 1.96 bits per heavy atom. The number of ketones is 1. The van der Waals surface area contributed by atoms with E-state index in [4.69, 9.17) is 9.47 Å². The summed E-state index contributed by atoms with van der Waals surface area (Å²) >= 11 is 0. The first kappa shape index (κ1) is 14.3. The van der Waals surface area contributed by atoms with Gasteiger partial charge in [0.15, 0.2) is 17.5 Å². The van der Waals surface area contributed by atoms with Crippen molar-refractivity contribution in [3.05, 3.63) is 35.6 Å². The van der Waals surface area contributed by atoms with Crippen molar-refractivity contribution in [1.29, 1.82) is 10.5 Å². The molecule has 0 radical (unpaired) electrons. The Morgan fingerprint density at radius 1 is 1.26 bits per heavy atom. The van der Waals surface area contributed by atoms with Crippen LogP contribution in [0.25, 0.3) is 0 Å². The first-order valence-electron chi connectivity index (χ1n) is 7.48. The van der Waals surface area contributed by atoms with Crippen LogP contribution in [0.5, 0.6) is 0 Å². The van der Waals surface area contributed by atoms with Gasteiger partial charge in [-0.25, -0.2) is 4.39 Å². The van der Waals surface area contributed by atoms with E-state index in [1.165, 1.54) is 24.3 Å². The van der Waals surface area contributed by atoms with E-state index >= 15 is 0 Å². The number of nitriles is 2. The number of ether oxygens (including phenoxy) is 2. The van der Waals surface area contributed by atoms with Gasteiger partial charge in [0.1, 0.15) is 5.82 Å². The SMILES string of the molecule is N#CC1(C#N)[C@H](C(=O)c2ccc(F)cc2)[C@]12CC[C@H]1CO[C@H]2O1. The number of hydrogen-bond acceptors (Lipinski definition) is 5. The monoisotopic (exact) mass is 312 g/mol. The number of hydrogen-bond donors (Lipinski definition) is 0. The van der Waals surface area contributed by atoms with Gasteiger partial charge in [-0.05, 0) is 37.1 Å². The van der Waals surface area contributed by atoms with E-state index in [1.54, 1.807) is 0 Å². The van der Waals surface area contributed by atoms with Crippen molar-refractivity contribution >= 4 is 5.78 Å². The van der Waals surface area contributed by atoms with Crippen LogP contribution < -0.4 is 0 Å². The minimum atomic E-state index is -1.45. The third-order valence-electron chi connectivity index (χ3n) is 5.39. The van der Waals surface area contributed by atoms with E-state index in [0.29, 0.717) is 25.0 Å². The predicted octanol–water partition coefficient (Wildman–Crippen LogP) is 2.19. The minimum absolute atomic E-state index is 0.0251. The van der Waals surface area contributed by atoms with Crippen molar-refractivity contribution in [3.8, 4) is 12.1 Å². The van der Waals surface area contributed by atoms with Crippen LogP contribution >= 0.6 is 0 Å². The van der Waals surface area contributed by atoms with Gasteiger partial charge in [0, 0.05) is 5.56 Å². The number of Topliss-reactive ketones (excluding diaryl/α,β-unsaturated/α-hetero) is 1. The summed E-state index contributed by atoms with van der Waals surface area (Å²) in [5.74, 6) is -1.58. The lowest BCUT2D eigenvalue weighted by atomic mass is 9.86. The summed E-state index contributed by atoms with van der Waals surface area (Å²) in [6, 6.07) is 9.24. The molecule has 0 unspecified atom stereocenters. The fraction of sp³-hybridized carbons (Fsp3) is 0.471. The van der Waals surface area contributed by atoms with Gasteiger partial charge in [0.05, 0.1) is 36.2 Å². The molecular weight excluding hydrogens is 299 g/mol. The second-order valence-corrected chi connectivity index (χ2v) is 6.34. The number of fused-ring (bicyclic) bond motifs is 3. The van der Waals surface area contributed by atoms with Gasteiger partial charge in [0.25, 0.3) is 0 Å². The number of rotatable bonds is 2. The summed E-state index contributed by atoms with van der Waals surface area (Å²) in [7, 11) is 0. The highest BCUT2D eigenvalue weighted by atomic mass is 19.1. The highest BCUT2D eigenvalue weighted by Crippen LogP contribution is 2.76. The van der Waals surface area contributed by atoms with Gasteiger partial charge in [-0.3, -0.25) is 4.79 Å². The molecule has 0 amide bonds. The van der Waals surface area contributed by atoms with E-state index in [0.717, 1.165) is 0 Å². The Kier molecular flexibility index (Phi) is 2.87. The van der Waals surface area contributed by atoms with Crippen LogP contribution in [0.15, 0.2) is 24.3 Å². The molecule has 4 atom stereocenters. The molecule has 0 N–H and O–H groups in total. The predicted molar refractivity (Wildman–Crippen MR) is 74.2 cm³/mol. The third kappa shape index (κ3) is 1.63. The van der Waals surface area contributed by atoms with Crippen molar-refractivity contribution in [1.82, 2.24) is 0 Å². The average Bonchev–Trinajstić information content (AvgIpc) is 2.94. The van der Waals surface area contributed by atoms with Crippen LogP contribution in [0.4, 0.5) is 4.39 Å². The van der Waals surface area contributed by atoms with Gasteiger partial charge in [-0.2, -0.15) is 10.5 Å². The molecule has 4 rings (SSSR count). The number of carbonyl (C=O) groups is 1. The summed E-state index contributed by atoms with van der Waals surface area (Å²) in [5.41, 5.74) is -2.07. The van der Waals surface area contributed by atoms with Crippen LogP contribution in [-0.2, 0) is 9.47 Å². The van der Waals surface area contributed by atoms with Crippen molar-refractivity contribution in [3.63, 3.8) is 0 Å². The molecule has 6 heteroatoms. The summed E-state index contributed by atoms with van der Waals surface area (Å²) in [6.07, 6.45) is 0.480. The zero-order chi connectivity index (χ0) is 16.2. The molecule has 1 saturated carbocycles. The van der Waals surface area contributed by atoms with E-state index < -0.39 is 28.9 Å². The van der Waals surface area contributed by atoms with E-state index in [1.807, 2.05) is 12.1 Å². The van der Waals surface area contributed by atoms with Crippen molar-refractivity contribution in [2.75, 3.05) is 6.61 Å². The summed E-state index contributed by atoms with van der Waals surface area (Å²) < 4.78 is 24.4. The number of nitrogens with zero attached hydrogens (tertiary/aromatic N) is 2. The standard InChI is InChI=1S/C17H13FN2O3/c18-11-3-1-10(2-4-11)13(21)14-16(8-19,9-20)17(14)6-5-12-7-22-15(17)23-12/h1-4,12,14-15H,5-7H2/t12-,14-,15-,17-/m0/s1. The average molecular weight is 312 g/mol. The summed E-state index contributed by atoms with van der Waals surface area (Å²) in [4.78, 5) is 12.9. The molecule has 0 aromatic heterocycles. The number of carbonyl (C=O) groups excluding carboxylic acids is 1. The number of halogens is 1. The zero-order valence-corrected chi connectivity index (χ0v) is 12.2.